The predicted octanol–water partition coefficient (Wildman–Crippen LogP) is 0.151. The standard InChI is InChI=1S/C13H19N3O3/c1-14-8-10-9-16(6-7-19-10)13(17)11-4-3-5-15-12(11)18-2/h3-5,10,14H,6-9H2,1-2H3. The predicted molar refractivity (Wildman–Crippen MR) is 70.4 cm³/mol. The molecule has 1 fully saturated rings. The zero-order chi connectivity index (χ0) is 13.7. The fraction of sp³-hybridized carbons (Fsp3) is 0.538. The van der Waals surface area contributed by atoms with Crippen molar-refractivity contribution < 1.29 is 14.3 Å². The maximum Gasteiger partial charge on any atom is 0.259 e. The van der Waals surface area contributed by atoms with Gasteiger partial charge in [0.05, 0.1) is 19.8 Å². The molecule has 1 N–H and O–H groups in total. The molecule has 0 bridgehead atoms. The van der Waals surface area contributed by atoms with Gasteiger partial charge in [-0.05, 0) is 19.2 Å². The van der Waals surface area contributed by atoms with E-state index in [4.69, 9.17) is 9.47 Å². The quantitative estimate of drug-likeness (QED) is 0.839. The number of ether oxygens (including phenoxy) is 2. The molecule has 1 aromatic rings. The summed E-state index contributed by atoms with van der Waals surface area (Å²) in [6.07, 6.45) is 1.64. The molecule has 1 unspecified atom stereocenters. The van der Waals surface area contributed by atoms with Gasteiger partial charge >= 0.3 is 0 Å². The minimum absolute atomic E-state index is 0.0327. The van der Waals surface area contributed by atoms with Gasteiger partial charge in [-0.1, -0.05) is 0 Å². The average Bonchev–Trinajstić information content (AvgIpc) is 2.47. The maximum atomic E-state index is 12.5. The Morgan fingerprint density at radius 1 is 1.68 bits per heavy atom. The van der Waals surface area contributed by atoms with Crippen molar-refractivity contribution in [2.45, 2.75) is 6.10 Å². The Kier molecular flexibility index (Phi) is 4.70. The molecule has 1 atom stereocenters. The summed E-state index contributed by atoms with van der Waals surface area (Å²) in [6, 6.07) is 3.47. The highest BCUT2D eigenvalue weighted by Crippen LogP contribution is 2.17. The van der Waals surface area contributed by atoms with Crippen molar-refractivity contribution >= 4 is 5.91 Å². The Hall–Kier alpha value is -1.66. The van der Waals surface area contributed by atoms with E-state index in [9.17, 15) is 4.79 Å². The molecule has 6 heteroatoms. The van der Waals surface area contributed by atoms with Crippen molar-refractivity contribution in [3.63, 3.8) is 0 Å². The van der Waals surface area contributed by atoms with Gasteiger partial charge in [0.15, 0.2) is 0 Å². The topological polar surface area (TPSA) is 63.7 Å². The summed E-state index contributed by atoms with van der Waals surface area (Å²) in [5, 5.41) is 3.06. The Balaban J connectivity index is 2.10. The van der Waals surface area contributed by atoms with Crippen LogP contribution < -0.4 is 10.1 Å². The van der Waals surface area contributed by atoms with Crippen molar-refractivity contribution in [3.8, 4) is 5.88 Å². The highest BCUT2D eigenvalue weighted by Gasteiger charge is 2.26. The van der Waals surface area contributed by atoms with Gasteiger partial charge in [0.25, 0.3) is 5.91 Å². The Bertz CT molecular complexity index is 437. The molecular weight excluding hydrogens is 246 g/mol. The number of hydrogen-bond donors (Lipinski definition) is 1. The number of methoxy groups -OCH3 is 1. The molecule has 2 heterocycles. The van der Waals surface area contributed by atoms with Crippen molar-refractivity contribution in [3.05, 3.63) is 23.9 Å². The van der Waals surface area contributed by atoms with E-state index in [0.717, 1.165) is 6.54 Å². The number of likely N-dealkylation sites (N-methyl/N-ethyl adjacent to an activating group) is 1. The fourth-order valence-corrected chi connectivity index (χ4v) is 2.14. The molecule has 0 aliphatic carbocycles. The van der Waals surface area contributed by atoms with Gasteiger partial charge in [-0.15, -0.1) is 0 Å². The van der Waals surface area contributed by atoms with E-state index in [1.165, 1.54) is 7.11 Å². The van der Waals surface area contributed by atoms with Crippen LogP contribution in [0.4, 0.5) is 0 Å². The molecule has 19 heavy (non-hydrogen) atoms. The number of hydrogen-bond acceptors (Lipinski definition) is 5. The number of carbonyl (C=O) groups is 1. The van der Waals surface area contributed by atoms with E-state index in [1.54, 1.807) is 23.2 Å². The van der Waals surface area contributed by atoms with Crippen molar-refractivity contribution in [2.24, 2.45) is 0 Å². The molecule has 1 aliphatic heterocycles. The Morgan fingerprint density at radius 2 is 2.53 bits per heavy atom. The van der Waals surface area contributed by atoms with Crippen LogP contribution >= 0.6 is 0 Å². The molecule has 0 saturated carbocycles. The van der Waals surface area contributed by atoms with Crippen LogP contribution in [0.3, 0.4) is 0 Å². The molecule has 104 valence electrons. The SMILES string of the molecule is CNCC1CN(C(=O)c2cccnc2OC)CCO1. The summed E-state index contributed by atoms with van der Waals surface area (Å²) in [5.41, 5.74) is 0.495. The third-order valence-electron chi connectivity index (χ3n) is 3.05. The maximum absolute atomic E-state index is 12.5. The van der Waals surface area contributed by atoms with Gasteiger partial charge in [0.1, 0.15) is 5.56 Å². The molecular formula is C13H19N3O3. The zero-order valence-corrected chi connectivity index (χ0v) is 11.3. The number of amides is 1. The van der Waals surface area contributed by atoms with Gasteiger partial charge in [0.2, 0.25) is 5.88 Å². The first-order valence-electron chi connectivity index (χ1n) is 6.30. The van der Waals surface area contributed by atoms with E-state index in [1.807, 2.05) is 7.05 Å². The second-order valence-electron chi connectivity index (χ2n) is 4.36. The van der Waals surface area contributed by atoms with Crippen molar-refractivity contribution in [1.29, 1.82) is 0 Å². The minimum Gasteiger partial charge on any atom is -0.480 e. The third-order valence-corrected chi connectivity index (χ3v) is 3.05. The fourth-order valence-electron chi connectivity index (χ4n) is 2.14. The summed E-state index contributed by atoms with van der Waals surface area (Å²) in [5.74, 6) is 0.304. The number of pyridine rings is 1. The highest BCUT2D eigenvalue weighted by atomic mass is 16.5. The van der Waals surface area contributed by atoms with Crippen molar-refractivity contribution in [2.75, 3.05) is 40.4 Å². The molecule has 1 saturated heterocycles. The number of rotatable bonds is 4. The Morgan fingerprint density at radius 3 is 3.26 bits per heavy atom. The van der Waals surface area contributed by atoms with Crippen LogP contribution in [-0.2, 0) is 4.74 Å². The number of morpholine rings is 1. The number of nitrogens with one attached hydrogen (secondary N) is 1. The average molecular weight is 265 g/mol. The van der Waals surface area contributed by atoms with Crippen LogP contribution in [0.5, 0.6) is 5.88 Å². The molecule has 1 aliphatic rings. The van der Waals surface area contributed by atoms with Crippen LogP contribution in [0, 0.1) is 0 Å². The van der Waals surface area contributed by atoms with Gasteiger partial charge in [-0.25, -0.2) is 4.98 Å². The van der Waals surface area contributed by atoms with Gasteiger partial charge in [-0.2, -0.15) is 0 Å². The van der Waals surface area contributed by atoms with Crippen LogP contribution in [0.2, 0.25) is 0 Å². The lowest BCUT2D eigenvalue weighted by Crippen LogP contribution is -2.48. The summed E-state index contributed by atoms with van der Waals surface area (Å²) in [7, 11) is 3.39. The molecule has 1 amide bonds. The van der Waals surface area contributed by atoms with E-state index in [2.05, 4.69) is 10.3 Å². The number of nitrogens with zero attached hydrogens (tertiary/aromatic N) is 2. The lowest BCUT2D eigenvalue weighted by Gasteiger charge is -2.33. The first-order valence-corrected chi connectivity index (χ1v) is 6.30. The summed E-state index contributed by atoms with van der Waals surface area (Å²) in [4.78, 5) is 18.3. The molecule has 2 rings (SSSR count). The van der Waals surface area contributed by atoms with E-state index in [-0.39, 0.29) is 12.0 Å². The summed E-state index contributed by atoms with van der Waals surface area (Å²) >= 11 is 0. The van der Waals surface area contributed by atoms with Gasteiger partial charge in [0, 0.05) is 25.8 Å². The van der Waals surface area contributed by atoms with Crippen molar-refractivity contribution in [1.82, 2.24) is 15.2 Å². The molecule has 1 aromatic heterocycles. The smallest absolute Gasteiger partial charge is 0.259 e. The lowest BCUT2D eigenvalue weighted by atomic mass is 10.2. The molecule has 6 nitrogen and oxygen atoms in total. The normalized spacial score (nSPS) is 19.3. The summed E-state index contributed by atoms with van der Waals surface area (Å²) < 4.78 is 10.7. The third kappa shape index (κ3) is 3.21. The number of carbonyl (C=O) groups excluding carboxylic acids is 1. The largest absolute Gasteiger partial charge is 0.480 e. The van der Waals surface area contributed by atoms with Gasteiger partial charge in [-0.3, -0.25) is 4.79 Å². The number of aromatic nitrogens is 1. The van der Waals surface area contributed by atoms with Gasteiger partial charge < -0.3 is 19.7 Å². The van der Waals surface area contributed by atoms with E-state index >= 15 is 0 Å². The second-order valence-corrected chi connectivity index (χ2v) is 4.36. The van der Waals surface area contributed by atoms with Crippen LogP contribution in [-0.4, -0.2) is 62.3 Å². The first kappa shape index (κ1) is 13.8. The Labute approximate surface area is 112 Å². The summed E-state index contributed by atoms with van der Waals surface area (Å²) in [6.45, 7) is 2.46. The molecule has 0 aromatic carbocycles. The zero-order valence-electron chi connectivity index (χ0n) is 11.3. The molecule has 0 spiro atoms. The second kappa shape index (κ2) is 6.49. The minimum atomic E-state index is -0.0608. The van der Waals surface area contributed by atoms with E-state index < -0.39 is 0 Å². The van der Waals surface area contributed by atoms with Crippen LogP contribution in [0.25, 0.3) is 0 Å². The lowest BCUT2D eigenvalue weighted by molar-refractivity contribution is -0.0197. The highest BCUT2D eigenvalue weighted by molar-refractivity contribution is 5.96. The monoisotopic (exact) mass is 265 g/mol. The first-order chi connectivity index (χ1) is 9.26. The van der Waals surface area contributed by atoms with E-state index in [0.29, 0.717) is 31.1 Å². The molecule has 0 radical (unpaired) electrons. The van der Waals surface area contributed by atoms with Crippen LogP contribution in [0.15, 0.2) is 18.3 Å². The van der Waals surface area contributed by atoms with Crippen LogP contribution in [0.1, 0.15) is 10.4 Å².